The van der Waals surface area contributed by atoms with Crippen LogP contribution in [0.3, 0.4) is 0 Å². The molecule has 38 heavy (non-hydrogen) atoms. The number of benzene rings is 1. The van der Waals surface area contributed by atoms with Crippen LogP contribution >= 0.6 is 22.9 Å². The number of alkyl halides is 2. The first kappa shape index (κ1) is 24.5. The summed E-state index contributed by atoms with van der Waals surface area (Å²) in [5.74, 6) is 2.44. The minimum atomic E-state index is -2.85. The Balaban J connectivity index is 1.55. The van der Waals surface area contributed by atoms with E-state index >= 15 is 0 Å². The van der Waals surface area contributed by atoms with Crippen molar-refractivity contribution in [2.24, 2.45) is 4.99 Å². The van der Waals surface area contributed by atoms with Crippen molar-refractivity contribution in [3.8, 4) is 12.3 Å². The van der Waals surface area contributed by atoms with Gasteiger partial charge in [-0.2, -0.15) is 13.9 Å². The number of fused-ring (bicyclic) bond motifs is 1. The summed E-state index contributed by atoms with van der Waals surface area (Å²) in [5, 5.41) is 6.64. The quantitative estimate of drug-likeness (QED) is 0.413. The van der Waals surface area contributed by atoms with Gasteiger partial charge in [-0.3, -0.25) is 9.89 Å². The van der Waals surface area contributed by atoms with Crippen LogP contribution in [0, 0.1) is 18.2 Å². The molecule has 2 atom stereocenters. The smallest absolute Gasteiger partial charge is 0.411 e. The van der Waals surface area contributed by atoms with Gasteiger partial charge in [-0.1, -0.05) is 23.6 Å². The number of rotatable bonds is 5. The van der Waals surface area contributed by atoms with Crippen LogP contribution in [0.25, 0.3) is 5.57 Å². The lowest BCUT2D eigenvalue weighted by molar-refractivity contribution is 0.0564. The van der Waals surface area contributed by atoms with Gasteiger partial charge in [0.1, 0.15) is 11.9 Å². The van der Waals surface area contributed by atoms with Gasteiger partial charge in [0.25, 0.3) is 0 Å². The molecule has 2 aromatic heterocycles. The Kier molecular flexibility index (Phi) is 5.92. The van der Waals surface area contributed by atoms with E-state index in [0.29, 0.717) is 32.4 Å². The third-order valence-electron chi connectivity index (χ3n) is 6.64. The Morgan fingerprint density at radius 3 is 2.84 bits per heavy atom. The molecule has 5 heterocycles. The van der Waals surface area contributed by atoms with Crippen LogP contribution in [0.2, 0.25) is 5.02 Å². The minimum absolute atomic E-state index is 0.0898. The molecular formula is C25H18ClF3N6O2S. The van der Waals surface area contributed by atoms with Gasteiger partial charge < -0.3 is 9.64 Å². The largest absolute Gasteiger partial charge is 0.439 e. The molecule has 13 heteroatoms. The number of carbonyl (C=O) groups excluding carboxylic acids is 1. The van der Waals surface area contributed by atoms with Gasteiger partial charge in [0.2, 0.25) is 0 Å². The van der Waals surface area contributed by atoms with Crippen molar-refractivity contribution in [2.75, 3.05) is 19.6 Å². The monoisotopic (exact) mass is 558 g/mol. The van der Waals surface area contributed by atoms with Crippen molar-refractivity contribution in [1.29, 1.82) is 0 Å². The Labute approximate surface area is 224 Å². The molecule has 0 aliphatic carbocycles. The third-order valence-corrected chi connectivity index (χ3v) is 7.74. The molecule has 2 fully saturated rings. The predicted octanol–water partition coefficient (Wildman–Crippen LogP) is 4.97. The second kappa shape index (κ2) is 9.18. The first-order valence-electron chi connectivity index (χ1n) is 11.5. The van der Waals surface area contributed by atoms with E-state index in [1.54, 1.807) is 11.6 Å². The first-order valence-corrected chi connectivity index (χ1v) is 12.7. The minimum Gasteiger partial charge on any atom is -0.439 e. The highest BCUT2D eigenvalue weighted by Gasteiger charge is 2.55. The van der Waals surface area contributed by atoms with E-state index < -0.39 is 30.1 Å². The summed E-state index contributed by atoms with van der Waals surface area (Å²) >= 11 is 7.85. The predicted molar refractivity (Wildman–Crippen MR) is 134 cm³/mol. The van der Waals surface area contributed by atoms with Crippen molar-refractivity contribution in [3.63, 3.8) is 0 Å². The van der Waals surface area contributed by atoms with Crippen LogP contribution < -0.4 is 0 Å². The third kappa shape index (κ3) is 4.02. The number of halogens is 4. The molecule has 0 bridgehead atoms. The molecule has 1 aromatic carbocycles. The number of thiazole rings is 1. The number of nitrogens with zero attached hydrogens (tertiary/aromatic N) is 6. The summed E-state index contributed by atoms with van der Waals surface area (Å²) in [6.07, 6.45) is 7.97. The number of hydrogen-bond donors (Lipinski definition) is 0. The molecule has 3 aliphatic heterocycles. The van der Waals surface area contributed by atoms with Crippen LogP contribution in [0.15, 0.2) is 52.7 Å². The van der Waals surface area contributed by atoms with Crippen LogP contribution in [0.4, 0.5) is 18.0 Å². The van der Waals surface area contributed by atoms with Crippen molar-refractivity contribution in [1.82, 2.24) is 24.6 Å². The number of ether oxygens (including phenoxy) is 1. The lowest BCUT2D eigenvalue weighted by Gasteiger charge is -2.32. The van der Waals surface area contributed by atoms with Crippen molar-refractivity contribution in [2.45, 2.75) is 24.6 Å². The van der Waals surface area contributed by atoms with Crippen LogP contribution in [0.5, 0.6) is 0 Å². The molecule has 8 nitrogen and oxygen atoms in total. The van der Waals surface area contributed by atoms with E-state index in [9.17, 15) is 18.0 Å². The molecule has 3 aromatic rings. The summed E-state index contributed by atoms with van der Waals surface area (Å²) < 4.78 is 47.4. The molecule has 1 spiro atoms. The lowest BCUT2D eigenvalue weighted by Crippen LogP contribution is -2.40. The second-order valence-corrected chi connectivity index (χ2v) is 10.4. The number of terminal acetylenes is 1. The zero-order chi connectivity index (χ0) is 26.6. The van der Waals surface area contributed by atoms with Gasteiger partial charge in [-0.15, -0.1) is 17.8 Å². The fourth-order valence-corrected chi connectivity index (χ4v) is 6.04. The van der Waals surface area contributed by atoms with Crippen LogP contribution in [-0.2, 0) is 4.74 Å². The van der Waals surface area contributed by atoms with Gasteiger partial charge in [0.05, 0.1) is 25.3 Å². The highest BCUT2D eigenvalue weighted by Crippen LogP contribution is 2.50. The molecule has 0 saturated carbocycles. The van der Waals surface area contributed by atoms with Gasteiger partial charge in [-0.05, 0) is 18.2 Å². The number of carbonyl (C=O) groups is 1. The normalized spacial score (nSPS) is 22.8. The summed E-state index contributed by atoms with van der Waals surface area (Å²) in [4.78, 5) is 25.3. The fraction of sp³-hybridized carbons (Fsp3) is 0.280. The van der Waals surface area contributed by atoms with Gasteiger partial charge in [0, 0.05) is 46.1 Å². The Morgan fingerprint density at radius 2 is 2.16 bits per heavy atom. The van der Waals surface area contributed by atoms with E-state index in [1.807, 2.05) is 4.90 Å². The molecule has 0 N–H and O–H groups in total. The molecule has 3 aliphatic rings. The van der Waals surface area contributed by atoms with E-state index in [4.69, 9.17) is 27.8 Å². The number of aromatic nitrogens is 3. The molecule has 6 rings (SSSR count). The van der Waals surface area contributed by atoms with Crippen LogP contribution in [0.1, 0.15) is 35.3 Å². The Bertz CT molecular complexity index is 1530. The Morgan fingerprint density at radius 1 is 1.32 bits per heavy atom. The van der Waals surface area contributed by atoms with Crippen molar-refractivity contribution in [3.05, 3.63) is 74.8 Å². The standard InChI is InChI=1S/C25H18ClF3N6O2S/c1-2-7-33-12-25(37-24(33)36)11-18-19(17-5-8-35(32-17)23(28)29)20(15-4-3-14(27)10-16(15)26)31-21(34(18)13-25)22-30-6-9-38-22/h1,3-6,8-10,20,23H,7,11-13H2/t20-,25?/m0/s1. The maximum absolute atomic E-state index is 14.0. The molecule has 2 saturated heterocycles. The highest BCUT2D eigenvalue weighted by atomic mass is 35.5. The zero-order valence-corrected chi connectivity index (χ0v) is 21.1. The van der Waals surface area contributed by atoms with E-state index in [1.165, 1.54) is 46.7 Å². The number of amides is 1. The number of aliphatic imine (C=N–C) groups is 1. The number of amidine groups is 1. The summed E-state index contributed by atoms with van der Waals surface area (Å²) in [5.41, 5.74) is 0.931. The van der Waals surface area contributed by atoms with Crippen molar-refractivity contribution >= 4 is 40.4 Å². The van der Waals surface area contributed by atoms with E-state index in [2.05, 4.69) is 16.0 Å². The highest BCUT2D eigenvalue weighted by molar-refractivity contribution is 7.11. The first-order chi connectivity index (χ1) is 18.3. The molecule has 1 unspecified atom stereocenters. The van der Waals surface area contributed by atoms with E-state index in [0.717, 1.165) is 0 Å². The van der Waals surface area contributed by atoms with Crippen molar-refractivity contribution < 1.29 is 22.7 Å². The Hall–Kier alpha value is -3.82. The average molecular weight is 559 g/mol. The van der Waals surface area contributed by atoms with E-state index in [-0.39, 0.29) is 36.8 Å². The SMILES string of the molecule is C#CCN1CC2(CC3=C(c4ccn(C(F)F)n4)[C@H](c4ccc(F)cc4Cl)N=C(c4nccs4)N3C2)OC1=O. The van der Waals surface area contributed by atoms with Gasteiger partial charge in [-0.25, -0.2) is 18.9 Å². The molecule has 0 radical (unpaired) electrons. The molecule has 1 amide bonds. The maximum atomic E-state index is 14.0. The van der Waals surface area contributed by atoms with Gasteiger partial charge in [0.15, 0.2) is 16.4 Å². The molecular weight excluding hydrogens is 541 g/mol. The number of hydrogen-bond acceptors (Lipinski definition) is 7. The second-order valence-electron chi connectivity index (χ2n) is 9.05. The lowest BCUT2D eigenvalue weighted by atomic mass is 9.91. The van der Waals surface area contributed by atoms with Crippen LogP contribution in [-0.4, -0.2) is 61.7 Å². The van der Waals surface area contributed by atoms with Gasteiger partial charge >= 0.3 is 12.6 Å². The average Bonchev–Trinajstić information content (AvgIpc) is 3.66. The fourth-order valence-electron chi connectivity index (χ4n) is 5.13. The summed E-state index contributed by atoms with van der Waals surface area (Å²) in [6.45, 7) is -2.27. The topological polar surface area (TPSA) is 75.8 Å². The summed E-state index contributed by atoms with van der Waals surface area (Å²) in [7, 11) is 0. The maximum Gasteiger partial charge on any atom is 0.411 e. The molecule has 194 valence electrons. The summed E-state index contributed by atoms with van der Waals surface area (Å²) in [6, 6.07) is 4.61. The zero-order valence-electron chi connectivity index (χ0n) is 19.5.